The molecule has 2 unspecified atom stereocenters. The zero-order valence-electron chi connectivity index (χ0n) is 13.8. The molecule has 0 aromatic heterocycles. The number of ketones is 1. The van der Waals surface area contributed by atoms with Crippen LogP contribution in [0.3, 0.4) is 0 Å². The van der Waals surface area contributed by atoms with E-state index >= 15 is 0 Å². The van der Waals surface area contributed by atoms with Crippen LogP contribution in [0.1, 0.15) is 86.0 Å². The third-order valence-corrected chi connectivity index (χ3v) is 4.28. The van der Waals surface area contributed by atoms with Gasteiger partial charge in [0.05, 0.1) is 6.04 Å². The van der Waals surface area contributed by atoms with Gasteiger partial charge in [0.2, 0.25) is 0 Å². The van der Waals surface area contributed by atoms with E-state index in [1.54, 1.807) is 0 Å². The molecule has 0 aliphatic carbocycles. The molecule has 114 valence electrons. The first kappa shape index (κ1) is 18.6. The molecule has 0 spiro atoms. The fourth-order valence-corrected chi connectivity index (χ4v) is 2.59. The van der Waals surface area contributed by atoms with Crippen molar-refractivity contribution < 1.29 is 4.79 Å². The van der Waals surface area contributed by atoms with Gasteiger partial charge in [0.15, 0.2) is 5.78 Å². The Balaban J connectivity index is 4.60. The molecule has 2 nitrogen and oxygen atoms in total. The van der Waals surface area contributed by atoms with Gasteiger partial charge in [-0.2, -0.15) is 0 Å². The van der Waals surface area contributed by atoms with Crippen molar-refractivity contribution >= 4 is 5.78 Å². The predicted octanol–water partition coefficient (Wildman–Crippen LogP) is 4.71. The SMILES string of the molecule is CCCCCCC(C)(CCCC)C(=O)C(N)C(C)C. The minimum absolute atomic E-state index is 0.201. The third-order valence-electron chi connectivity index (χ3n) is 4.28. The Morgan fingerprint density at radius 2 is 1.53 bits per heavy atom. The summed E-state index contributed by atoms with van der Waals surface area (Å²) in [5.41, 5.74) is 5.90. The van der Waals surface area contributed by atoms with Gasteiger partial charge < -0.3 is 5.73 Å². The minimum Gasteiger partial charge on any atom is -0.321 e. The van der Waals surface area contributed by atoms with Crippen LogP contribution in [-0.4, -0.2) is 11.8 Å². The summed E-state index contributed by atoms with van der Waals surface area (Å²) in [4.78, 5) is 12.7. The highest BCUT2D eigenvalue weighted by atomic mass is 16.1. The maximum atomic E-state index is 12.7. The Kier molecular flexibility index (Phi) is 9.34. The highest BCUT2D eigenvalue weighted by molar-refractivity contribution is 5.89. The molecule has 0 aromatic carbocycles. The first-order valence-corrected chi connectivity index (χ1v) is 8.19. The molecule has 2 heteroatoms. The van der Waals surface area contributed by atoms with Crippen molar-refractivity contribution in [1.29, 1.82) is 0 Å². The lowest BCUT2D eigenvalue weighted by Crippen LogP contribution is -2.45. The number of hydrogen-bond acceptors (Lipinski definition) is 2. The van der Waals surface area contributed by atoms with E-state index in [4.69, 9.17) is 5.73 Å². The number of rotatable bonds is 11. The molecule has 0 radical (unpaired) electrons. The van der Waals surface area contributed by atoms with E-state index in [1.807, 2.05) is 13.8 Å². The second kappa shape index (κ2) is 9.52. The van der Waals surface area contributed by atoms with Crippen LogP contribution in [0.25, 0.3) is 0 Å². The number of carbonyl (C=O) groups excluding carboxylic acids is 1. The Labute approximate surface area is 120 Å². The fraction of sp³-hybridized carbons (Fsp3) is 0.941. The zero-order chi connectivity index (χ0) is 14.9. The first-order valence-electron chi connectivity index (χ1n) is 8.19. The van der Waals surface area contributed by atoms with Crippen molar-refractivity contribution in [2.45, 2.75) is 92.0 Å². The quantitative estimate of drug-likeness (QED) is 0.552. The molecular formula is C17H35NO. The van der Waals surface area contributed by atoms with E-state index in [0.29, 0.717) is 0 Å². The maximum Gasteiger partial charge on any atom is 0.155 e. The molecule has 0 rings (SSSR count). The summed E-state index contributed by atoms with van der Waals surface area (Å²) in [5, 5.41) is 0. The van der Waals surface area contributed by atoms with Crippen molar-refractivity contribution in [1.82, 2.24) is 0 Å². The van der Waals surface area contributed by atoms with E-state index in [9.17, 15) is 4.79 Å². The molecule has 2 N–H and O–H groups in total. The van der Waals surface area contributed by atoms with Crippen LogP contribution in [0.15, 0.2) is 0 Å². The molecule has 0 aliphatic rings. The Hall–Kier alpha value is -0.370. The van der Waals surface area contributed by atoms with Crippen molar-refractivity contribution in [2.75, 3.05) is 0 Å². The predicted molar refractivity (Wildman–Crippen MR) is 84.2 cm³/mol. The van der Waals surface area contributed by atoms with Gasteiger partial charge in [0, 0.05) is 5.41 Å². The Bertz CT molecular complexity index is 250. The summed E-state index contributed by atoms with van der Waals surface area (Å²) in [6.07, 6.45) is 9.18. The highest BCUT2D eigenvalue weighted by Crippen LogP contribution is 2.33. The maximum absolute atomic E-state index is 12.7. The monoisotopic (exact) mass is 269 g/mol. The van der Waals surface area contributed by atoms with Crippen LogP contribution >= 0.6 is 0 Å². The van der Waals surface area contributed by atoms with Gasteiger partial charge in [0.1, 0.15) is 0 Å². The smallest absolute Gasteiger partial charge is 0.155 e. The number of nitrogens with two attached hydrogens (primary N) is 1. The van der Waals surface area contributed by atoms with Crippen LogP contribution < -0.4 is 5.73 Å². The van der Waals surface area contributed by atoms with Crippen molar-refractivity contribution in [3.05, 3.63) is 0 Å². The van der Waals surface area contributed by atoms with Gasteiger partial charge in [-0.1, -0.05) is 73.1 Å². The molecule has 0 amide bonds. The number of hydrogen-bond donors (Lipinski definition) is 1. The van der Waals surface area contributed by atoms with E-state index in [1.165, 1.54) is 19.3 Å². The van der Waals surface area contributed by atoms with Crippen LogP contribution in [0, 0.1) is 11.3 Å². The van der Waals surface area contributed by atoms with Crippen LogP contribution in [0.5, 0.6) is 0 Å². The Morgan fingerprint density at radius 1 is 1.00 bits per heavy atom. The van der Waals surface area contributed by atoms with Crippen LogP contribution in [0.2, 0.25) is 0 Å². The summed E-state index contributed by atoms with van der Waals surface area (Å²) < 4.78 is 0. The Morgan fingerprint density at radius 3 is 2.00 bits per heavy atom. The summed E-state index contributed by atoms with van der Waals surface area (Å²) in [7, 11) is 0. The number of unbranched alkanes of at least 4 members (excludes halogenated alkanes) is 4. The average molecular weight is 269 g/mol. The fourth-order valence-electron chi connectivity index (χ4n) is 2.59. The number of carbonyl (C=O) groups is 1. The number of Topliss-reactive ketones (excluding diaryl/α,β-unsaturated/α-hetero) is 1. The lowest BCUT2D eigenvalue weighted by atomic mass is 9.72. The largest absolute Gasteiger partial charge is 0.321 e. The third kappa shape index (κ3) is 6.56. The molecule has 0 saturated carbocycles. The second-order valence-electron chi connectivity index (χ2n) is 6.61. The van der Waals surface area contributed by atoms with Gasteiger partial charge in [0.25, 0.3) is 0 Å². The topological polar surface area (TPSA) is 43.1 Å². The standard InChI is InChI=1S/C17H35NO/c1-6-8-10-11-13-17(5,12-9-7-2)16(19)15(18)14(3)4/h14-15H,6-13,18H2,1-5H3. The highest BCUT2D eigenvalue weighted by Gasteiger charge is 2.36. The summed E-state index contributed by atoms with van der Waals surface area (Å²) >= 11 is 0. The molecule has 2 atom stereocenters. The lowest BCUT2D eigenvalue weighted by Gasteiger charge is -2.32. The van der Waals surface area contributed by atoms with Gasteiger partial charge in [-0.25, -0.2) is 0 Å². The van der Waals surface area contributed by atoms with Gasteiger partial charge in [-0.3, -0.25) is 4.79 Å². The van der Waals surface area contributed by atoms with Gasteiger partial charge >= 0.3 is 0 Å². The summed E-state index contributed by atoms with van der Waals surface area (Å²) in [6.45, 7) is 10.6. The lowest BCUT2D eigenvalue weighted by molar-refractivity contribution is -0.131. The van der Waals surface area contributed by atoms with Crippen molar-refractivity contribution in [3.63, 3.8) is 0 Å². The minimum atomic E-state index is -0.298. The molecule has 19 heavy (non-hydrogen) atoms. The second-order valence-corrected chi connectivity index (χ2v) is 6.61. The van der Waals surface area contributed by atoms with Crippen molar-refractivity contribution in [2.24, 2.45) is 17.1 Å². The normalized spacial score (nSPS) is 16.4. The van der Waals surface area contributed by atoms with E-state index in [2.05, 4.69) is 20.8 Å². The van der Waals surface area contributed by atoms with E-state index < -0.39 is 0 Å². The molecule has 0 bridgehead atoms. The van der Waals surface area contributed by atoms with Gasteiger partial charge in [-0.15, -0.1) is 0 Å². The zero-order valence-corrected chi connectivity index (χ0v) is 13.8. The van der Waals surface area contributed by atoms with Crippen LogP contribution in [0.4, 0.5) is 0 Å². The van der Waals surface area contributed by atoms with Crippen molar-refractivity contribution in [3.8, 4) is 0 Å². The van der Waals surface area contributed by atoms with E-state index in [0.717, 1.165) is 32.1 Å². The average Bonchev–Trinajstić information content (AvgIpc) is 2.39. The van der Waals surface area contributed by atoms with Gasteiger partial charge in [-0.05, 0) is 18.8 Å². The first-order chi connectivity index (χ1) is 8.89. The molecule has 0 heterocycles. The van der Waals surface area contributed by atoms with Crippen LogP contribution in [-0.2, 0) is 4.79 Å². The molecular weight excluding hydrogens is 234 g/mol. The molecule has 0 aromatic rings. The molecule has 0 aliphatic heterocycles. The molecule has 0 saturated heterocycles. The van der Waals surface area contributed by atoms with E-state index in [-0.39, 0.29) is 23.2 Å². The summed E-state index contributed by atoms with van der Waals surface area (Å²) in [6, 6.07) is -0.298. The molecule has 0 fully saturated rings. The summed E-state index contributed by atoms with van der Waals surface area (Å²) in [5.74, 6) is 0.525.